The summed E-state index contributed by atoms with van der Waals surface area (Å²) in [6, 6.07) is 7.21. The number of rotatable bonds is 6. The van der Waals surface area contributed by atoms with Crippen molar-refractivity contribution in [2.45, 2.75) is 31.6 Å². The van der Waals surface area contributed by atoms with Crippen molar-refractivity contribution in [3.8, 4) is 0 Å². The fraction of sp³-hybridized carbons (Fsp3) is 0.312. The summed E-state index contributed by atoms with van der Waals surface area (Å²) >= 11 is 1.09. The van der Waals surface area contributed by atoms with Gasteiger partial charge in [-0.05, 0) is 19.4 Å². The van der Waals surface area contributed by atoms with Crippen molar-refractivity contribution in [1.29, 1.82) is 0 Å². The largest absolute Gasteiger partial charge is 0.479 e. The maximum absolute atomic E-state index is 12.2. The zero-order valence-corrected chi connectivity index (χ0v) is 14.5. The average molecular weight is 362 g/mol. The topological polar surface area (TPSA) is 120 Å². The van der Waals surface area contributed by atoms with Crippen LogP contribution >= 0.6 is 11.8 Å². The number of hydrogen-bond acceptors (Lipinski definition) is 6. The number of benzene rings is 1. The molecule has 2 unspecified atom stereocenters. The highest BCUT2D eigenvalue weighted by Gasteiger charge is 2.33. The van der Waals surface area contributed by atoms with Gasteiger partial charge in [-0.15, -0.1) is 5.10 Å². The summed E-state index contributed by atoms with van der Waals surface area (Å²) in [4.78, 5) is 35.5. The van der Waals surface area contributed by atoms with E-state index in [1.165, 1.54) is 0 Å². The molecular weight excluding hydrogens is 344 g/mol. The van der Waals surface area contributed by atoms with E-state index in [9.17, 15) is 19.5 Å². The number of amidine groups is 1. The second-order valence-electron chi connectivity index (χ2n) is 5.50. The van der Waals surface area contributed by atoms with Crippen molar-refractivity contribution in [2.24, 2.45) is 10.2 Å². The molecule has 1 aromatic rings. The van der Waals surface area contributed by atoms with Crippen LogP contribution in [0.1, 0.15) is 31.9 Å². The molecule has 132 valence electrons. The molecule has 8 nitrogen and oxygen atoms in total. The van der Waals surface area contributed by atoms with E-state index >= 15 is 0 Å². The molecule has 1 heterocycles. The average Bonchev–Trinajstić information content (AvgIpc) is 2.91. The van der Waals surface area contributed by atoms with Crippen LogP contribution in [0.4, 0.5) is 0 Å². The number of carbonyl (C=O) groups is 3. The van der Waals surface area contributed by atoms with Gasteiger partial charge < -0.3 is 15.7 Å². The van der Waals surface area contributed by atoms with Gasteiger partial charge in [-0.2, -0.15) is 5.10 Å². The van der Waals surface area contributed by atoms with Crippen LogP contribution in [0.3, 0.4) is 0 Å². The van der Waals surface area contributed by atoms with E-state index in [0.29, 0.717) is 10.7 Å². The molecule has 9 heteroatoms. The van der Waals surface area contributed by atoms with E-state index in [4.69, 9.17) is 0 Å². The first-order valence-electron chi connectivity index (χ1n) is 7.50. The highest BCUT2D eigenvalue weighted by atomic mass is 32.2. The summed E-state index contributed by atoms with van der Waals surface area (Å²) < 4.78 is 0. The summed E-state index contributed by atoms with van der Waals surface area (Å²) in [5, 5.41) is 21.7. The highest BCUT2D eigenvalue weighted by Crippen LogP contribution is 2.23. The van der Waals surface area contributed by atoms with Gasteiger partial charge in [0.05, 0.1) is 0 Å². The number of aliphatic carboxylic acids is 1. The van der Waals surface area contributed by atoms with E-state index in [2.05, 4.69) is 20.8 Å². The molecule has 1 saturated heterocycles. The van der Waals surface area contributed by atoms with Crippen molar-refractivity contribution in [2.75, 3.05) is 0 Å². The van der Waals surface area contributed by atoms with Gasteiger partial charge in [0, 0.05) is 12.1 Å². The summed E-state index contributed by atoms with van der Waals surface area (Å²) in [7, 11) is 0. The third-order valence-corrected chi connectivity index (χ3v) is 4.25. The number of amides is 2. The molecule has 2 rings (SSSR count). The Morgan fingerprint density at radius 3 is 2.60 bits per heavy atom. The molecular formula is C16H18N4O4S. The second kappa shape index (κ2) is 8.43. The Kier molecular flexibility index (Phi) is 6.29. The first-order chi connectivity index (χ1) is 11.9. The molecule has 0 radical (unpaired) electrons. The summed E-state index contributed by atoms with van der Waals surface area (Å²) in [5.74, 6) is -2.05. The van der Waals surface area contributed by atoms with Crippen molar-refractivity contribution in [3.63, 3.8) is 0 Å². The van der Waals surface area contributed by atoms with Crippen LogP contribution < -0.4 is 10.6 Å². The van der Waals surface area contributed by atoms with Crippen LogP contribution in [0.25, 0.3) is 0 Å². The Balaban J connectivity index is 1.99. The van der Waals surface area contributed by atoms with Crippen molar-refractivity contribution in [1.82, 2.24) is 10.6 Å². The monoisotopic (exact) mass is 362 g/mol. The Labute approximate surface area is 148 Å². The maximum Gasteiger partial charge on any atom is 0.330 e. The maximum atomic E-state index is 12.2. The molecule has 25 heavy (non-hydrogen) atoms. The highest BCUT2D eigenvalue weighted by molar-refractivity contribution is 8.15. The Morgan fingerprint density at radius 2 is 2.00 bits per heavy atom. The lowest BCUT2D eigenvalue weighted by molar-refractivity contribution is -0.142. The molecule has 0 saturated carbocycles. The van der Waals surface area contributed by atoms with Gasteiger partial charge in [0.2, 0.25) is 11.8 Å². The van der Waals surface area contributed by atoms with Crippen LogP contribution in [-0.4, -0.2) is 39.0 Å². The smallest absolute Gasteiger partial charge is 0.330 e. The van der Waals surface area contributed by atoms with E-state index in [1.54, 1.807) is 44.2 Å². The van der Waals surface area contributed by atoms with Crippen LogP contribution in [-0.2, 0) is 14.4 Å². The van der Waals surface area contributed by atoms with Crippen LogP contribution in [0, 0.1) is 0 Å². The first-order valence-corrected chi connectivity index (χ1v) is 8.38. The Morgan fingerprint density at radius 1 is 1.32 bits per heavy atom. The lowest BCUT2D eigenvalue weighted by Crippen LogP contribution is -2.36. The van der Waals surface area contributed by atoms with Crippen LogP contribution in [0.15, 0.2) is 40.5 Å². The van der Waals surface area contributed by atoms with Crippen molar-refractivity contribution >= 4 is 40.4 Å². The fourth-order valence-corrected chi connectivity index (χ4v) is 2.97. The zero-order chi connectivity index (χ0) is 18.4. The molecule has 2 atom stereocenters. The van der Waals surface area contributed by atoms with E-state index < -0.39 is 23.2 Å². The quantitative estimate of drug-likeness (QED) is 0.520. The lowest BCUT2D eigenvalue weighted by Gasteiger charge is -2.15. The van der Waals surface area contributed by atoms with E-state index in [0.717, 1.165) is 17.5 Å². The van der Waals surface area contributed by atoms with Gasteiger partial charge in [-0.3, -0.25) is 9.59 Å². The molecule has 0 aliphatic carbocycles. The number of carboxylic acid groups (broad SMARTS) is 1. The number of hydrogen-bond donors (Lipinski definition) is 3. The Bertz CT molecular complexity index is 729. The fourth-order valence-electron chi connectivity index (χ4n) is 2.05. The lowest BCUT2D eigenvalue weighted by atomic mass is 10.1. The van der Waals surface area contributed by atoms with Crippen LogP contribution in [0.5, 0.6) is 0 Å². The molecule has 0 spiro atoms. The minimum atomic E-state index is -1.17. The standard InChI is InChI=1S/C16H18N4O4S/c1-9(2)19-20-16-18-14(22)11(25-16)8-12(21)17-13(15(23)24)10-6-4-3-5-7-10/h3-7,11,13H,8H2,1-2H3,(H,17,21)(H,23,24)(H,18,20,22). The normalized spacial score (nSPS) is 19.2. The summed E-state index contributed by atoms with van der Waals surface area (Å²) in [6.07, 6.45) is -0.152. The molecule has 1 aliphatic rings. The molecule has 1 fully saturated rings. The Hall–Kier alpha value is -2.68. The van der Waals surface area contributed by atoms with Gasteiger partial charge in [-0.1, -0.05) is 42.1 Å². The molecule has 1 aromatic carbocycles. The molecule has 1 aliphatic heterocycles. The number of nitrogens with zero attached hydrogens (tertiary/aromatic N) is 2. The predicted octanol–water partition coefficient (Wildman–Crippen LogP) is 1.30. The van der Waals surface area contributed by atoms with Crippen LogP contribution in [0.2, 0.25) is 0 Å². The number of carbonyl (C=O) groups excluding carboxylic acids is 2. The minimum Gasteiger partial charge on any atom is -0.479 e. The van der Waals surface area contributed by atoms with Gasteiger partial charge in [0.15, 0.2) is 11.2 Å². The summed E-state index contributed by atoms with van der Waals surface area (Å²) in [6.45, 7) is 3.54. The van der Waals surface area contributed by atoms with Crippen molar-refractivity contribution in [3.05, 3.63) is 35.9 Å². The second-order valence-corrected chi connectivity index (χ2v) is 6.69. The number of nitrogens with one attached hydrogen (secondary N) is 2. The van der Waals surface area contributed by atoms with Gasteiger partial charge in [0.25, 0.3) is 0 Å². The first kappa shape index (κ1) is 18.7. The third-order valence-electron chi connectivity index (χ3n) is 3.17. The summed E-state index contributed by atoms with van der Waals surface area (Å²) in [5.41, 5.74) is 1.19. The van der Waals surface area contributed by atoms with E-state index in [-0.39, 0.29) is 12.3 Å². The SMILES string of the molecule is CC(C)=NN=C1NC(=O)C(CC(=O)NC(C(=O)O)c2ccccc2)S1. The zero-order valence-electron chi connectivity index (χ0n) is 13.7. The van der Waals surface area contributed by atoms with Gasteiger partial charge in [-0.25, -0.2) is 4.79 Å². The molecule has 2 amide bonds. The number of carboxylic acids is 1. The van der Waals surface area contributed by atoms with Gasteiger partial charge in [0.1, 0.15) is 5.25 Å². The van der Waals surface area contributed by atoms with Crippen molar-refractivity contribution < 1.29 is 19.5 Å². The number of thioether (sulfide) groups is 1. The predicted molar refractivity (Wildman–Crippen MR) is 95.3 cm³/mol. The molecule has 3 N–H and O–H groups in total. The minimum absolute atomic E-state index is 0.152. The third kappa shape index (κ3) is 5.42. The molecule has 0 aromatic heterocycles. The molecule has 0 bridgehead atoms. The van der Waals surface area contributed by atoms with E-state index in [1.807, 2.05) is 0 Å². The van der Waals surface area contributed by atoms with Gasteiger partial charge >= 0.3 is 5.97 Å².